The number of aryl methyl sites for hydroxylation is 1. The maximum Gasteiger partial charge on any atom is 0.270 e. The molecule has 2 aromatic heterocycles. The van der Waals surface area contributed by atoms with E-state index in [0.717, 1.165) is 27.5 Å². The summed E-state index contributed by atoms with van der Waals surface area (Å²) in [7, 11) is 0. The van der Waals surface area contributed by atoms with Crippen molar-refractivity contribution in [1.29, 1.82) is 0 Å². The van der Waals surface area contributed by atoms with Gasteiger partial charge in [0.15, 0.2) is 0 Å². The normalized spacial score (nSPS) is 11.1. The summed E-state index contributed by atoms with van der Waals surface area (Å²) in [6.45, 7) is 1.97. The van der Waals surface area contributed by atoms with Crippen molar-refractivity contribution < 1.29 is 4.92 Å². The number of aromatic amines is 1. The van der Waals surface area contributed by atoms with Crippen LogP contribution in [-0.2, 0) is 0 Å². The lowest BCUT2D eigenvalue weighted by Crippen LogP contribution is -1.86. The highest BCUT2D eigenvalue weighted by Gasteiger charge is 2.12. The molecule has 0 aliphatic heterocycles. The number of hydrogen-bond acceptors (Lipinski definition) is 3. The molecule has 2 heterocycles. The van der Waals surface area contributed by atoms with Crippen molar-refractivity contribution >= 4 is 27.6 Å². The molecule has 0 radical (unpaired) electrons. The molecule has 17 heavy (non-hydrogen) atoms. The monoisotopic (exact) mass is 227 g/mol. The average molecular weight is 227 g/mol. The smallest absolute Gasteiger partial charge is 0.270 e. The zero-order valence-corrected chi connectivity index (χ0v) is 9.10. The molecular formula is C12H9N3O2. The summed E-state index contributed by atoms with van der Waals surface area (Å²) in [6, 6.07) is 6.69. The van der Waals surface area contributed by atoms with Crippen LogP contribution in [0.5, 0.6) is 0 Å². The van der Waals surface area contributed by atoms with Crippen LogP contribution in [0.15, 0.2) is 30.5 Å². The second kappa shape index (κ2) is 3.28. The van der Waals surface area contributed by atoms with Gasteiger partial charge >= 0.3 is 0 Å². The standard InChI is InChI=1S/C12H9N3O2/c1-7-4-5-13-12-11(7)9-6-8(15(16)17)2-3-10(9)14-12/h2-6H,1H3,(H,13,14). The Morgan fingerprint density at radius 3 is 2.94 bits per heavy atom. The fourth-order valence-corrected chi connectivity index (χ4v) is 2.08. The van der Waals surface area contributed by atoms with Gasteiger partial charge in [0.05, 0.1) is 4.92 Å². The van der Waals surface area contributed by atoms with Crippen LogP contribution in [0, 0.1) is 17.0 Å². The van der Waals surface area contributed by atoms with E-state index in [0.29, 0.717) is 0 Å². The van der Waals surface area contributed by atoms with E-state index in [1.165, 1.54) is 6.07 Å². The molecule has 3 rings (SSSR count). The van der Waals surface area contributed by atoms with Crippen LogP contribution >= 0.6 is 0 Å². The van der Waals surface area contributed by atoms with E-state index in [1.54, 1.807) is 18.3 Å². The molecule has 1 aromatic carbocycles. The summed E-state index contributed by atoms with van der Waals surface area (Å²) in [5.41, 5.74) is 2.79. The lowest BCUT2D eigenvalue weighted by molar-refractivity contribution is -0.384. The van der Waals surface area contributed by atoms with Crippen LogP contribution in [-0.4, -0.2) is 14.9 Å². The van der Waals surface area contributed by atoms with Gasteiger partial charge in [-0.15, -0.1) is 0 Å². The van der Waals surface area contributed by atoms with E-state index in [4.69, 9.17) is 0 Å². The van der Waals surface area contributed by atoms with Crippen molar-refractivity contribution in [3.8, 4) is 0 Å². The summed E-state index contributed by atoms with van der Waals surface area (Å²) in [5, 5.41) is 12.6. The average Bonchev–Trinajstić information content (AvgIpc) is 2.67. The van der Waals surface area contributed by atoms with E-state index in [-0.39, 0.29) is 10.6 Å². The van der Waals surface area contributed by atoms with E-state index >= 15 is 0 Å². The SMILES string of the molecule is Cc1ccnc2[nH]c3ccc([N+](=O)[O-])cc3c12. The van der Waals surface area contributed by atoms with Gasteiger partial charge in [-0.05, 0) is 24.6 Å². The summed E-state index contributed by atoms with van der Waals surface area (Å²) >= 11 is 0. The highest BCUT2D eigenvalue weighted by molar-refractivity contribution is 6.08. The van der Waals surface area contributed by atoms with Crippen molar-refractivity contribution in [3.63, 3.8) is 0 Å². The van der Waals surface area contributed by atoms with Gasteiger partial charge in [-0.25, -0.2) is 4.98 Å². The molecule has 0 atom stereocenters. The Morgan fingerprint density at radius 2 is 2.18 bits per heavy atom. The van der Waals surface area contributed by atoms with Crippen molar-refractivity contribution in [2.75, 3.05) is 0 Å². The van der Waals surface area contributed by atoms with Crippen LogP contribution in [0.25, 0.3) is 21.9 Å². The molecule has 84 valence electrons. The predicted molar refractivity (Wildman–Crippen MR) is 65.0 cm³/mol. The Balaban J connectivity index is 2.48. The summed E-state index contributed by atoms with van der Waals surface area (Å²) in [5.74, 6) is 0. The number of aromatic nitrogens is 2. The topological polar surface area (TPSA) is 71.8 Å². The van der Waals surface area contributed by atoms with Gasteiger partial charge < -0.3 is 4.98 Å². The van der Waals surface area contributed by atoms with Crippen LogP contribution in [0.2, 0.25) is 0 Å². The third kappa shape index (κ3) is 1.36. The van der Waals surface area contributed by atoms with E-state index in [1.807, 2.05) is 13.0 Å². The number of nitrogens with zero attached hydrogens (tertiary/aromatic N) is 2. The molecular weight excluding hydrogens is 218 g/mol. The number of nitrogens with one attached hydrogen (secondary N) is 1. The van der Waals surface area contributed by atoms with Crippen LogP contribution in [0.4, 0.5) is 5.69 Å². The molecule has 0 amide bonds. The number of pyridine rings is 1. The number of hydrogen-bond donors (Lipinski definition) is 1. The number of fused-ring (bicyclic) bond motifs is 3. The number of non-ortho nitro benzene ring substituents is 1. The Labute approximate surface area is 96.2 Å². The van der Waals surface area contributed by atoms with Gasteiger partial charge in [-0.1, -0.05) is 0 Å². The number of nitro groups is 1. The molecule has 5 nitrogen and oxygen atoms in total. The minimum atomic E-state index is -0.385. The maximum atomic E-state index is 10.8. The fourth-order valence-electron chi connectivity index (χ4n) is 2.08. The molecule has 0 unspecified atom stereocenters. The Kier molecular flexibility index (Phi) is 1.89. The molecule has 0 fully saturated rings. The van der Waals surface area contributed by atoms with Crippen molar-refractivity contribution in [2.24, 2.45) is 0 Å². The predicted octanol–water partition coefficient (Wildman–Crippen LogP) is 2.93. The molecule has 1 N–H and O–H groups in total. The minimum absolute atomic E-state index is 0.0988. The van der Waals surface area contributed by atoms with Gasteiger partial charge in [0.25, 0.3) is 5.69 Å². The second-order valence-electron chi connectivity index (χ2n) is 3.96. The molecule has 0 saturated carbocycles. The largest absolute Gasteiger partial charge is 0.339 e. The van der Waals surface area contributed by atoms with Crippen LogP contribution < -0.4 is 0 Å². The minimum Gasteiger partial charge on any atom is -0.339 e. The maximum absolute atomic E-state index is 10.8. The first-order valence-corrected chi connectivity index (χ1v) is 5.18. The third-order valence-electron chi connectivity index (χ3n) is 2.90. The van der Waals surface area contributed by atoms with Gasteiger partial charge in [0.1, 0.15) is 5.65 Å². The summed E-state index contributed by atoms with van der Waals surface area (Å²) in [4.78, 5) is 17.8. The Morgan fingerprint density at radius 1 is 1.35 bits per heavy atom. The van der Waals surface area contributed by atoms with Crippen molar-refractivity contribution in [1.82, 2.24) is 9.97 Å². The third-order valence-corrected chi connectivity index (χ3v) is 2.90. The first kappa shape index (κ1) is 9.77. The quantitative estimate of drug-likeness (QED) is 0.513. The lowest BCUT2D eigenvalue weighted by Gasteiger charge is -1.95. The zero-order chi connectivity index (χ0) is 12.0. The summed E-state index contributed by atoms with van der Waals surface area (Å²) in [6.07, 6.45) is 1.72. The van der Waals surface area contributed by atoms with Crippen molar-refractivity contribution in [3.05, 3.63) is 46.1 Å². The van der Waals surface area contributed by atoms with Gasteiger partial charge in [0.2, 0.25) is 0 Å². The number of rotatable bonds is 1. The molecule has 3 aromatic rings. The van der Waals surface area contributed by atoms with Crippen LogP contribution in [0.1, 0.15) is 5.56 Å². The van der Waals surface area contributed by atoms with E-state index < -0.39 is 0 Å². The number of H-pyrrole nitrogens is 1. The van der Waals surface area contributed by atoms with Gasteiger partial charge in [-0.3, -0.25) is 10.1 Å². The Hall–Kier alpha value is -2.43. The van der Waals surface area contributed by atoms with E-state index in [2.05, 4.69) is 9.97 Å². The number of nitro benzene ring substituents is 1. The molecule has 0 aliphatic rings. The van der Waals surface area contributed by atoms with Gasteiger partial charge in [0, 0.05) is 34.6 Å². The van der Waals surface area contributed by atoms with Crippen LogP contribution in [0.3, 0.4) is 0 Å². The first-order valence-electron chi connectivity index (χ1n) is 5.18. The highest BCUT2D eigenvalue weighted by atomic mass is 16.6. The lowest BCUT2D eigenvalue weighted by atomic mass is 10.1. The van der Waals surface area contributed by atoms with E-state index in [9.17, 15) is 10.1 Å². The second-order valence-corrected chi connectivity index (χ2v) is 3.96. The zero-order valence-electron chi connectivity index (χ0n) is 9.10. The van der Waals surface area contributed by atoms with Crippen molar-refractivity contribution in [2.45, 2.75) is 6.92 Å². The molecule has 5 heteroatoms. The molecule has 0 bridgehead atoms. The Bertz CT molecular complexity index is 746. The summed E-state index contributed by atoms with van der Waals surface area (Å²) < 4.78 is 0. The highest BCUT2D eigenvalue weighted by Crippen LogP contribution is 2.29. The van der Waals surface area contributed by atoms with Gasteiger partial charge in [-0.2, -0.15) is 0 Å². The molecule has 0 spiro atoms. The fraction of sp³-hybridized carbons (Fsp3) is 0.0833. The molecule has 0 aliphatic carbocycles. The molecule has 0 saturated heterocycles. The number of benzene rings is 1. The first-order chi connectivity index (χ1) is 8.16.